The van der Waals surface area contributed by atoms with Crippen LogP contribution in [0.15, 0.2) is 65.7 Å². The van der Waals surface area contributed by atoms with Gasteiger partial charge < -0.3 is 14.7 Å². The molecule has 3 aromatic carbocycles. The molecule has 2 heterocycles. The third-order valence-electron chi connectivity index (χ3n) is 6.45. The Kier molecular flexibility index (Phi) is 4.14. The summed E-state index contributed by atoms with van der Waals surface area (Å²) in [6.45, 7) is 5.47. The molecular weight excluding hydrogens is 360 g/mol. The highest BCUT2D eigenvalue weighted by atomic mass is 16.5. The van der Waals surface area contributed by atoms with Crippen molar-refractivity contribution >= 4 is 28.4 Å². The first-order valence-electron chi connectivity index (χ1n) is 10.3. The maximum Gasteiger partial charge on any atom is 0.228 e. The molecule has 148 valence electrons. The fourth-order valence-electron chi connectivity index (χ4n) is 4.83. The number of rotatable bonds is 4. The first kappa shape index (κ1) is 18.2. The van der Waals surface area contributed by atoms with Gasteiger partial charge in [0.15, 0.2) is 0 Å². The van der Waals surface area contributed by atoms with Crippen LogP contribution < -0.4 is 9.64 Å². The number of aliphatic hydroxyl groups excluding tert-OH is 1. The average molecular weight is 386 g/mol. The van der Waals surface area contributed by atoms with Crippen LogP contribution in [0.5, 0.6) is 5.75 Å². The van der Waals surface area contributed by atoms with Crippen molar-refractivity contribution in [1.82, 2.24) is 0 Å². The number of aliphatic hydroxyl groups is 1. The Morgan fingerprint density at radius 2 is 1.76 bits per heavy atom. The standard InChI is InChI=1S/C25H26N2O2/c1-24(2)20-11-5-6-12-21(20)27(15-7-8-16-28)25(24)17-26-23-19-10-4-3-9-18(19)13-14-22(23)29-25/h3-6,9-14,17,28H,7-8,15-16H2,1-2H3. The Hall–Kier alpha value is -2.85. The molecule has 1 unspecified atom stereocenters. The second-order valence-electron chi connectivity index (χ2n) is 8.41. The lowest BCUT2D eigenvalue weighted by molar-refractivity contribution is 0.0772. The molecule has 4 nitrogen and oxygen atoms in total. The number of hydrogen-bond donors (Lipinski definition) is 1. The molecule has 0 radical (unpaired) electrons. The lowest BCUT2D eigenvalue weighted by atomic mass is 9.77. The number of hydrogen-bond acceptors (Lipinski definition) is 4. The number of unbranched alkanes of at least 4 members (excludes halogenated alkanes) is 1. The summed E-state index contributed by atoms with van der Waals surface area (Å²) in [6, 6.07) is 21.0. The van der Waals surface area contributed by atoms with E-state index in [0.717, 1.165) is 41.6 Å². The number of benzene rings is 3. The van der Waals surface area contributed by atoms with Crippen LogP contribution in [0.3, 0.4) is 0 Å². The molecule has 0 bridgehead atoms. The molecule has 5 rings (SSSR count). The maximum atomic E-state index is 9.29. The number of para-hydroxylation sites is 1. The zero-order chi connectivity index (χ0) is 20.1. The summed E-state index contributed by atoms with van der Waals surface area (Å²) in [4.78, 5) is 7.31. The van der Waals surface area contributed by atoms with Crippen LogP contribution in [-0.4, -0.2) is 30.2 Å². The molecule has 1 spiro atoms. The molecule has 1 atom stereocenters. The van der Waals surface area contributed by atoms with Crippen molar-refractivity contribution in [3.8, 4) is 5.75 Å². The van der Waals surface area contributed by atoms with Gasteiger partial charge >= 0.3 is 0 Å². The van der Waals surface area contributed by atoms with E-state index in [1.807, 2.05) is 24.4 Å². The van der Waals surface area contributed by atoms with Crippen LogP contribution in [0.1, 0.15) is 32.3 Å². The normalized spacial score (nSPS) is 21.3. The molecule has 0 amide bonds. The SMILES string of the molecule is CC1(C)c2ccccc2N(CCCCO)C12C=Nc1c(ccc3ccccc13)O2. The van der Waals surface area contributed by atoms with Gasteiger partial charge in [0, 0.05) is 24.2 Å². The predicted octanol–water partition coefficient (Wildman–Crippen LogP) is 5.20. The average Bonchev–Trinajstić information content (AvgIpc) is 2.92. The summed E-state index contributed by atoms with van der Waals surface area (Å²) in [5, 5.41) is 11.6. The van der Waals surface area contributed by atoms with E-state index in [9.17, 15) is 5.11 Å². The first-order chi connectivity index (χ1) is 14.1. The molecule has 0 aromatic heterocycles. The van der Waals surface area contributed by atoms with Crippen molar-refractivity contribution in [3.63, 3.8) is 0 Å². The van der Waals surface area contributed by atoms with Gasteiger partial charge in [0.2, 0.25) is 5.72 Å². The quantitative estimate of drug-likeness (QED) is 0.627. The summed E-state index contributed by atoms with van der Waals surface area (Å²) < 4.78 is 6.84. The van der Waals surface area contributed by atoms with Crippen LogP contribution in [-0.2, 0) is 5.41 Å². The number of nitrogens with zero attached hydrogens (tertiary/aromatic N) is 2. The first-order valence-corrected chi connectivity index (χ1v) is 10.3. The predicted molar refractivity (Wildman–Crippen MR) is 119 cm³/mol. The molecule has 0 aliphatic carbocycles. The van der Waals surface area contributed by atoms with Crippen LogP contribution in [0.25, 0.3) is 10.8 Å². The smallest absolute Gasteiger partial charge is 0.228 e. The number of anilines is 1. The summed E-state index contributed by atoms with van der Waals surface area (Å²) in [5.41, 5.74) is 2.37. The second kappa shape index (κ2) is 6.60. The molecule has 4 heteroatoms. The summed E-state index contributed by atoms with van der Waals surface area (Å²) >= 11 is 0. The number of ether oxygens (including phenoxy) is 1. The van der Waals surface area contributed by atoms with E-state index < -0.39 is 5.72 Å². The highest BCUT2D eigenvalue weighted by molar-refractivity contribution is 5.99. The van der Waals surface area contributed by atoms with Crippen molar-refractivity contribution in [2.75, 3.05) is 18.1 Å². The van der Waals surface area contributed by atoms with E-state index in [2.05, 4.69) is 61.2 Å². The molecule has 2 aliphatic rings. The van der Waals surface area contributed by atoms with Gasteiger partial charge in [-0.05, 0) is 49.8 Å². The van der Waals surface area contributed by atoms with Crippen LogP contribution in [0, 0.1) is 0 Å². The second-order valence-corrected chi connectivity index (χ2v) is 8.41. The maximum absolute atomic E-state index is 9.29. The molecular formula is C25H26N2O2. The topological polar surface area (TPSA) is 45.1 Å². The largest absolute Gasteiger partial charge is 0.459 e. The van der Waals surface area contributed by atoms with Gasteiger partial charge in [-0.3, -0.25) is 4.99 Å². The van der Waals surface area contributed by atoms with Crippen molar-refractivity contribution in [3.05, 3.63) is 66.2 Å². The van der Waals surface area contributed by atoms with Crippen molar-refractivity contribution in [2.24, 2.45) is 4.99 Å². The fourth-order valence-corrected chi connectivity index (χ4v) is 4.83. The van der Waals surface area contributed by atoms with E-state index >= 15 is 0 Å². The highest BCUT2D eigenvalue weighted by Gasteiger charge is 2.59. The van der Waals surface area contributed by atoms with Gasteiger partial charge in [0.1, 0.15) is 11.4 Å². The van der Waals surface area contributed by atoms with E-state index in [0.29, 0.717) is 0 Å². The number of fused-ring (bicyclic) bond motifs is 4. The van der Waals surface area contributed by atoms with Crippen molar-refractivity contribution < 1.29 is 9.84 Å². The van der Waals surface area contributed by atoms with Gasteiger partial charge in [-0.25, -0.2) is 0 Å². The van der Waals surface area contributed by atoms with E-state index in [4.69, 9.17) is 9.73 Å². The van der Waals surface area contributed by atoms with Crippen LogP contribution in [0.4, 0.5) is 11.4 Å². The Labute approximate surface area is 171 Å². The molecule has 0 fully saturated rings. The molecule has 3 aromatic rings. The monoisotopic (exact) mass is 386 g/mol. The molecule has 0 saturated carbocycles. The van der Waals surface area contributed by atoms with Crippen LogP contribution >= 0.6 is 0 Å². The molecule has 29 heavy (non-hydrogen) atoms. The minimum atomic E-state index is -0.693. The van der Waals surface area contributed by atoms with Crippen molar-refractivity contribution in [1.29, 1.82) is 0 Å². The third-order valence-corrected chi connectivity index (χ3v) is 6.45. The van der Waals surface area contributed by atoms with Gasteiger partial charge in [0.05, 0.1) is 11.6 Å². The van der Waals surface area contributed by atoms with Crippen LogP contribution in [0.2, 0.25) is 0 Å². The zero-order valence-electron chi connectivity index (χ0n) is 16.9. The highest BCUT2D eigenvalue weighted by Crippen LogP contribution is 2.54. The lowest BCUT2D eigenvalue weighted by Crippen LogP contribution is -2.62. The molecule has 2 aliphatic heterocycles. The van der Waals surface area contributed by atoms with Gasteiger partial charge in [-0.1, -0.05) is 48.5 Å². The Bertz CT molecular complexity index is 1100. The van der Waals surface area contributed by atoms with Crippen molar-refractivity contribution in [2.45, 2.75) is 37.8 Å². The minimum absolute atomic E-state index is 0.204. The lowest BCUT2D eigenvalue weighted by Gasteiger charge is -2.46. The Balaban J connectivity index is 1.65. The van der Waals surface area contributed by atoms with Gasteiger partial charge in [-0.15, -0.1) is 0 Å². The van der Waals surface area contributed by atoms with E-state index in [1.54, 1.807) is 0 Å². The van der Waals surface area contributed by atoms with Gasteiger partial charge in [0.25, 0.3) is 0 Å². The van der Waals surface area contributed by atoms with E-state index in [1.165, 1.54) is 11.3 Å². The summed E-state index contributed by atoms with van der Waals surface area (Å²) in [6.07, 6.45) is 3.67. The fraction of sp³-hybridized carbons (Fsp3) is 0.320. The van der Waals surface area contributed by atoms with E-state index in [-0.39, 0.29) is 12.0 Å². The molecule has 0 saturated heterocycles. The molecule has 1 N–H and O–H groups in total. The third kappa shape index (κ3) is 2.52. The zero-order valence-corrected chi connectivity index (χ0v) is 16.9. The minimum Gasteiger partial charge on any atom is -0.459 e. The summed E-state index contributed by atoms with van der Waals surface area (Å²) in [5.74, 6) is 0.819. The number of aliphatic imine (C=N–C) groups is 1. The van der Waals surface area contributed by atoms with Gasteiger partial charge in [-0.2, -0.15) is 0 Å². The Morgan fingerprint density at radius 1 is 0.966 bits per heavy atom. The Morgan fingerprint density at radius 3 is 2.62 bits per heavy atom. The summed E-state index contributed by atoms with van der Waals surface area (Å²) in [7, 11) is 0.